The van der Waals surface area contributed by atoms with E-state index in [4.69, 9.17) is 37.0 Å². The van der Waals surface area contributed by atoms with Gasteiger partial charge < -0.3 is 33.8 Å². The Labute approximate surface area is 586 Å². The molecule has 0 radical (unpaired) electrons. The number of carbonyl (C=O) groups excluding carboxylic acids is 4. The van der Waals surface area contributed by atoms with E-state index in [1.54, 1.807) is 0 Å². The van der Waals surface area contributed by atoms with Gasteiger partial charge in [-0.05, 0) is 51.4 Å². The minimum atomic E-state index is -4.96. The van der Waals surface area contributed by atoms with Crippen molar-refractivity contribution in [2.75, 3.05) is 39.6 Å². The fraction of sp³-hybridized carbons (Fsp3) is 0.896. The van der Waals surface area contributed by atoms with Crippen molar-refractivity contribution < 1.29 is 80.2 Å². The molecule has 3 N–H and O–H groups in total. The van der Waals surface area contributed by atoms with Gasteiger partial charge >= 0.3 is 39.5 Å². The number of carbonyl (C=O) groups is 4. The summed E-state index contributed by atoms with van der Waals surface area (Å²) in [5, 5.41) is 10.6. The molecule has 5 atom stereocenters. The lowest BCUT2D eigenvalue weighted by Crippen LogP contribution is -2.30. The molecule has 2 unspecified atom stereocenters. The lowest BCUT2D eigenvalue weighted by atomic mass is 10.0. The molecule has 19 heteroatoms. The first-order valence-electron chi connectivity index (χ1n) is 39.6. The number of phosphoric acid groups is 2. The van der Waals surface area contributed by atoms with E-state index in [9.17, 15) is 43.2 Å². The van der Waals surface area contributed by atoms with Crippen LogP contribution in [0.15, 0.2) is 24.3 Å². The van der Waals surface area contributed by atoms with Gasteiger partial charge in [-0.3, -0.25) is 37.3 Å². The summed E-state index contributed by atoms with van der Waals surface area (Å²) in [5.74, 6) is -2.14. The maximum Gasteiger partial charge on any atom is 0.472 e. The summed E-state index contributed by atoms with van der Waals surface area (Å²) in [5.41, 5.74) is 0. The summed E-state index contributed by atoms with van der Waals surface area (Å²) in [6, 6.07) is 0. The van der Waals surface area contributed by atoms with E-state index in [1.165, 1.54) is 193 Å². The molecule has 0 rings (SSSR count). The highest BCUT2D eigenvalue weighted by Gasteiger charge is 2.30. The predicted octanol–water partition coefficient (Wildman–Crippen LogP) is 22.6. The van der Waals surface area contributed by atoms with E-state index in [0.717, 1.165) is 116 Å². The van der Waals surface area contributed by atoms with E-state index in [0.29, 0.717) is 25.7 Å². The molecule has 96 heavy (non-hydrogen) atoms. The molecule has 566 valence electrons. The Bertz CT molecular complexity index is 1920. The third-order valence-electron chi connectivity index (χ3n) is 17.5. The Hall–Kier alpha value is -2.46. The number of esters is 4. The van der Waals surface area contributed by atoms with E-state index >= 15 is 0 Å². The van der Waals surface area contributed by atoms with E-state index < -0.39 is 97.5 Å². The molecule has 0 saturated carbocycles. The highest BCUT2D eigenvalue weighted by molar-refractivity contribution is 7.47. The van der Waals surface area contributed by atoms with Crippen LogP contribution < -0.4 is 0 Å². The number of allylic oxidation sites excluding steroid dienone is 4. The van der Waals surface area contributed by atoms with Crippen LogP contribution in [-0.2, 0) is 65.4 Å². The smallest absolute Gasteiger partial charge is 0.462 e. The van der Waals surface area contributed by atoms with Crippen LogP contribution in [0.25, 0.3) is 0 Å². The molecule has 0 saturated heterocycles. The van der Waals surface area contributed by atoms with Crippen LogP contribution in [-0.4, -0.2) is 96.7 Å². The molecule has 0 fully saturated rings. The second kappa shape index (κ2) is 71.0. The topological polar surface area (TPSA) is 237 Å². The number of hydrogen-bond acceptors (Lipinski definition) is 15. The number of hydrogen-bond donors (Lipinski definition) is 3. The summed E-state index contributed by atoms with van der Waals surface area (Å²) in [6.07, 6.45) is 64.6. The average molecular weight is 1410 g/mol. The zero-order valence-electron chi connectivity index (χ0n) is 61.8. The molecule has 0 aliphatic rings. The minimum Gasteiger partial charge on any atom is -0.462 e. The number of unbranched alkanes of at least 4 members (excludes halogenated alkanes) is 47. The fourth-order valence-electron chi connectivity index (χ4n) is 11.4. The number of phosphoric ester groups is 2. The summed E-state index contributed by atoms with van der Waals surface area (Å²) < 4.78 is 68.4. The molecule has 0 aliphatic heterocycles. The van der Waals surface area contributed by atoms with E-state index in [-0.39, 0.29) is 25.7 Å². The third kappa shape index (κ3) is 70.0. The molecule has 0 aromatic carbocycles. The van der Waals surface area contributed by atoms with Crippen LogP contribution in [0.5, 0.6) is 0 Å². The van der Waals surface area contributed by atoms with Gasteiger partial charge in [0.05, 0.1) is 26.4 Å². The van der Waals surface area contributed by atoms with Crippen LogP contribution in [0.4, 0.5) is 0 Å². The quantitative estimate of drug-likeness (QED) is 0.0169. The standard InChI is InChI=1S/C77H146O17P2/c1-5-9-13-17-21-25-28-31-34-35-36-37-39-42-45-48-52-56-60-64-77(82)94-73(68-88-75(80)62-58-54-50-46-43-41-38-32-29-26-22-18-14-10-6-2)70-92-96(85,86)90-66-71(78)65-89-95(83,84)91-69-72(67-87-74(79)61-57-53-49-24-20-16-12-8-4)93-76(81)63-59-55-51-47-44-40-33-30-27-23-19-15-11-7-3/h26,29,32,38,71-73,78H,5-25,27-28,30-31,33-37,39-70H2,1-4H3,(H,83,84)(H,85,86)/b29-26-,38-32-/t71-,72+,73+/m0/s1. The van der Waals surface area contributed by atoms with Gasteiger partial charge in [-0.2, -0.15) is 0 Å². The van der Waals surface area contributed by atoms with Crippen LogP contribution >= 0.6 is 15.6 Å². The Morgan fingerprint density at radius 1 is 0.292 bits per heavy atom. The van der Waals surface area contributed by atoms with Crippen LogP contribution in [0.1, 0.15) is 387 Å². The zero-order valence-corrected chi connectivity index (χ0v) is 63.6. The van der Waals surface area contributed by atoms with Crippen molar-refractivity contribution in [3.63, 3.8) is 0 Å². The summed E-state index contributed by atoms with van der Waals surface area (Å²) in [4.78, 5) is 72.7. The van der Waals surface area contributed by atoms with Gasteiger partial charge in [-0.1, -0.05) is 335 Å². The number of aliphatic hydroxyl groups excluding tert-OH is 1. The Balaban J connectivity index is 5.23. The second-order valence-corrected chi connectivity index (χ2v) is 30.0. The second-order valence-electron chi connectivity index (χ2n) is 27.1. The first kappa shape index (κ1) is 93.5. The van der Waals surface area contributed by atoms with Crippen molar-refractivity contribution in [2.45, 2.75) is 406 Å². The van der Waals surface area contributed by atoms with Crippen molar-refractivity contribution in [3.05, 3.63) is 24.3 Å². The maximum absolute atomic E-state index is 13.1. The molecule has 0 aromatic heterocycles. The third-order valence-corrected chi connectivity index (χ3v) is 19.4. The Morgan fingerprint density at radius 2 is 0.500 bits per heavy atom. The number of rotatable bonds is 76. The SMILES string of the molecule is CCCCCC/C=C\C=C/CCCCCCCC(=O)OC[C@H](COP(=O)(O)OC[C@@H](O)COP(=O)(O)OC[C@@H](COC(=O)CCCCCCCCCC)OC(=O)CCCCCCCCCCCCCCCC)OC(=O)CCCCCCCCCCCCCCCCCCCCC. The van der Waals surface area contributed by atoms with Gasteiger partial charge in [-0.15, -0.1) is 0 Å². The molecule has 0 spiro atoms. The van der Waals surface area contributed by atoms with Gasteiger partial charge in [-0.25, -0.2) is 9.13 Å². The fourth-order valence-corrected chi connectivity index (χ4v) is 13.0. The van der Waals surface area contributed by atoms with Crippen molar-refractivity contribution >= 4 is 39.5 Å². The summed E-state index contributed by atoms with van der Waals surface area (Å²) >= 11 is 0. The van der Waals surface area contributed by atoms with E-state index in [1.807, 2.05) is 0 Å². The molecule has 17 nitrogen and oxygen atoms in total. The molecule has 0 aliphatic carbocycles. The molecule has 0 heterocycles. The first-order valence-corrected chi connectivity index (χ1v) is 42.6. The van der Waals surface area contributed by atoms with Gasteiger partial charge in [0, 0.05) is 25.7 Å². The zero-order chi connectivity index (χ0) is 70.4. The van der Waals surface area contributed by atoms with Gasteiger partial charge in [0.25, 0.3) is 0 Å². The highest BCUT2D eigenvalue weighted by Crippen LogP contribution is 2.45. The van der Waals surface area contributed by atoms with Crippen LogP contribution in [0.3, 0.4) is 0 Å². The average Bonchev–Trinajstić information content (AvgIpc) is 1.19. The van der Waals surface area contributed by atoms with Crippen molar-refractivity contribution in [3.8, 4) is 0 Å². The number of ether oxygens (including phenoxy) is 4. The van der Waals surface area contributed by atoms with E-state index in [2.05, 4.69) is 52.0 Å². The normalized spacial score (nSPS) is 14.0. The molecular formula is C77H146O17P2. The summed E-state index contributed by atoms with van der Waals surface area (Å²) in [7, 11) is -9.92. The molecule has 0 amide bonds. The lowest BCUT2D eigenvalue weighted by Gasteiger charge is -2.21. The Morgan fingerprint density at radius 3 is 0.760 bits per heavy atom. The lowest BCUT2D eigenvalue weighted by molar-refractivity contribution is -0.161. The van der Waals surface area contributed by atoms with Crippen LogP contribution in [0.2, 0.25) is 0 Å². The molecule has 0 aromatic rings. The first-order chi connectivity index (χ1) is 46.7. The number of aliphatic hydroxyl groups is 1. The molecule has 0 bridgehead atoms. The maximum atomic E-state index is 13.1. The highest BCUT2D eigenvalue weighted by atomic mass is 31.2. The summed E-state index contributed by atoms with van der Waals surface area (Å²) in [6.45, 7) is 4.91. The largest absolute Gasteiger partial charge is 0.472 e. The van der Waals surface area contributed by atoms with Crippen molar-refractivity contribution in [1.82, 2.24) is 0 Å². The Kier molecular flexibility index (Phi) is 69.1. The van der Waals surface area contributed by atoms with Crippen molar-refractivity contribution in [1.29, 1.82) is 0 Å². The predicted molar refractivity (Wildman–Crippen MR) is 391 cm³/mol. The van der Waals surface area contributed by atoms with Crippen LogP contribution in [0, 0.1) is 0 Å². The van der Waals surface area contributed by atoms with Gasteiger partial charge in [0.15, 0.2) is 12.2 Å². The van der Waals surface area contributed by atoms with Gasteiger partial charge in [0.2, 0.25) is 0 Å². The monoisotopic (exact) mass is 1410 g/mol. The van der Waals surface area contributed by atoms with Crippen molar-refractivity contribution in [2.24, 2.45) is 0 Å². The minimum absolute atomic E-state index is 0.102. The molecular weight excluding hydrogens is 1260 g/mol. The van der Waals surface area contributed by atoms with Gasteiger partial charge in [0.1, 0.15) is 19.3 Å².